The fourth-order valence-corrected chi connectivity index (χ4v) is 2.41. The first-order chi connectivity index (χ1) is 9.66. The Morgan fingerprint density at radius 1 is 1.24 bits per heavy atom. The van der Waals surface area contributed by atoms with Crippen LogP contribution in [0.25, 0.3) is 6.08 Å². The van der Waals surface area contributed by atoms with Gasteiger partial charge in [-0.15, -0.1) is 0 Å². The van der Waals surface area contributed by atoms with Crippen LogP contribution in [0.4, 0.5) is 0 Å². The molecule has 0 aliphatic carbocycles. The molecule has 114 valence electrons. The summed E-state index contributed by atoms with van der Waals surface area (Å²) in [6, 6.07) is 5.31. The molecular weight excluding hydrogens is 283 g/mol. The molecule has 0 aromatic heterocycles. The highest BCUT2D eigenvalue weighted by molar-refractivity contribution is 7.80. The van der Waals surface area contributed by atoms with Crippen LogP contribution in [0.1, 0.15) is 38.8 Å². The molecule has 1 aliphatic heterocycles. The molecule has 5 heteroatoms. The van der Waals surface area contributed by atoms with Crippen LogP contribution in [0.3, 0.4) is 0 Å². The van der Waals surface area contributed by atoms with E-state index in [-0.39, 0.29) is 17.0 Å². The SMILES string of the molecule is Cc1ccc(O)cc1C=C(CS)B1OC(C)(C)C(C)(C)O1. The molecule has 0 bridgehead atoms. The first-order valence-corrected chi connectivity index (χ1v) is 7.76. The predicted molar refractivity (Wildman–Crippen MR) is 90.8 cm³/mol. The van der Waals surface area contributed by atoms with E-state index in [1.165, 1.54) is 0 Å². The van der Waals surface area contributed by atoms with Gasteiger partial charge in [-0.3, -0.25) is 0 Å². The molecule has 1 aromatic rings. The number of hydrogen-bond donors (Lipinski definition) is 2. The van der Waals surface area contributed by atoms with E-state index in [9.17, 15) is 5.11 Å². The van der Waals surface area contributed by atoms with E-state index in [2.05, 4.69) is 12.6 Å². The molecule has 0 atom stereocenters. The highest BCUT2D eigenvalue weighted by Crippen LogP contribution is 2.39. The minimum absolute atomic E-state index is 0.249. The van der Waals surface area contributed by atoms with Gasteiger partial charge >= 0.3 is 7.12 Å². The van der Waals surface area contributed by atoms with E-state index in [1.807, 2.05) is 46.8 Å². The smallest absolute Gasteiger partial charge is 0.491 e. The van der Waals surface area contributed by atoms with Crippen LogP contribution in [-0.4, -0.2) is 29.2 Å². The lowest BCUT2D eigenvalue weighted by molar-refractivity contribution is 0.00578. The zero-order valence-electron chi connectivity index (χ0n) is 13.3. The van der Waals surface area contributed by atoms with E-state index in [4.69, 9.17) is 9.31 Å². The Kier molecular flexibility index (Phi) is 4.48. The van der Waals surface area contributed by atoms with Gasteiger partial charge < -0.3 is 14.4 Å². The minimum atomic E-state index is -0.408. The highest BCUT2D eigenvalue weighted by Gasteiger charge is 2.52. The van der Waals surface area contributed by atoms with Crippen molar-refractivity contribution in [2.24, 2.45) is 0 Å². The van der Waals surface area contributed by atoms with Crippen LogP contribution in [0, 0.1) is 6.92 Å². The Morgan fingerprint density at radius 3 is 2.33 bits per heavy atom. The Morgan fingerprint density at radius 2 is 1.81 bits per heavy atom. The lowest BCUT2D eigenvalue weighted by atomic mass is 9.78. The Bertz CT molecular complexity index is 551. The lowest BCUT2D eigenvalue weighted by Crippen LogP contribution is -2.41. The van der Waals surface area contributed by atoms with Crippen molar-refractivity contribution in [3.63, 3.8) is 0 Å². The molecule has 0 unspecified atom stereocenters. The average molecular weight is 306 g/mol. The quantitative estimate of drug-likeness (QED) is 0.661. The van der Waals surface area contributed by atoms with Crippen molar-refractivity contribution in [3.8, 4) is 5.75 Å². The van der Waals surface area contributed by atoms with Crippen molar-refractivity contribution in [2.45, 2.75) is 45.8 Å². The highest BCUT2D eigenvalue weighted by atomic mass is 32.1. The molecule has 0 spiro atoms. The second-order valence-corrected chi connectivity index (χ2v) is 6.82. The molecule has 3 nitrogen and oxygen atoms in total. The fourth-order valence-electron chi connectivity index (χ4n) is 2.17. The van der Waals surface area contributed by atoms with Crippen LogP contribution >= 0.6 is 12.6 Å². The van der Waals surface area contributed by atoms with Crippen LogP contribution in [-0.2, 0) is 9.31 Å². The normalized spacial score (nSPS) is 20.9. The van der Waals surface area contributed by atoms with Gasteiger partial charge in [0.25, 0.3) is 0 Å². The number of thiol groups is 1. The van der Waals surface area contributed by atoms with Gasteiger partial charge in [-0.05, 0) is 63.4 Å². The lowest BCUT2D eigenvalue weighted by Gasteiger charge is -2.32. The average Bonchev–Trinajstić information content (AvgIpc) is 2.59. The second-order valence-electron chi connectivity index (χ2n) is 6.51. The topological polar surface area (TPSA) is 38.7 Å². The van der Waals surface area contributed by atoms with Crippen LogP contribution in [0.15, 0.2) is 23.7 Å². The van der Waals surface area contributed by atoms with Crippen LogP contribution < -0.4 is 0 Å². The van der Waals surface area contributed by atoms with Crippen molar-refractivity contribution < 1.29 is 14.4 Å². The maximum absolute atomic E-state index is 9.64. The maximum Gasteiger partial charge on any atom is 0.491 e. The summed E-state index contributed by atoms with van der Waals surface area (Å²) in [6.07, 6.45) is 1.99. The molecule has 0 amide bonds. The van der Waals surface area contributed by atoms with Crippen molar-refractivity contribution in [3.05, 3.63) is 34.8 Å². The van der Waals surface area contributed by atoms with Crippen molar-refractivity contribution in [1.29, 1.82) is 0 Å². The number of phenolic OH excluding ortho intramolecular Hbond substituents is 1. The van der Waals surface area contributed by atoms with Crippen molar-refractivity contribution in [1.82, 2.24) is 0 Å². The largest absolute Gasteiger partial charge is 0.508 e. The molecule has 0 radical (unpaired) electrons. The summed E-state index contributed by atoms with van der Waals surface area (Å²) in [5.41, 5.74) is 2.25. The molecule has 1 saturated heterocycles. The molecule has 1 aromatic carbocycles. The summed E-state index contributed by atoms with van der Waals surface area (Å²) in [4.78, 5) is 0. The van der Waals surface area contributed by atoms with Gasteiger partial charge in [0.2, 0.25) is 0 Å². The summed E-state index contributed by atoms with van der Waals surface area (Å²) >= 11 is 4.40. The van der Waals surface area contributed by atoms with Crippen LogP contribution in [0.2, 0.25) is 0 Å². The third kappa shape index (κ3) is 3.30. The number of phenols is 1. The monoisotopic (exact) mass is 306 g/mol. The first kappa shape index (κ1) is 16.5. The molecule has 21 heavy (non-hydrogen) atoms. The number of aromatic hydroxyl groups is 1. The molecule has 1 aliphatic rings. The third-order valence-electron chi connectivity index (χ3n) is 4.34. The second kappa shape index (κ2) is 5.71. The van der Waals surface area contributed by atoms with Gasteiger partial charge in [-0.2, -0.15) is 12.6 Å². The standard InChI is InChI=1S/C16H23BO3S/c1-11-6-7-14(18)9-12(11)8-13(10-21)17-19-15(2,3)16(4,5)20-17/h6-9,18,21H,10H2,1-5H3. The maximum atomic E-state index is 9.64. The van der Waals surface area contributed by atoms with E-state index in [0.717, 1.165) is 16.6 Å². The summed E-state index contributed by atoms with van der Waals surface area (Å²) in [5.74, 6) is 0.783. The van der Waals surface area contributed by atoms with Crippen molar-refractivity contribution in [2.75, 3.05) is 5.75 Å². The third-order valence-corrected chi connectivity index (χ3v) is 4.71. The Hall–Kier alpha value is -0.905. The summed E-state index contributed by atoms with van der Waals surface area (Å²) in [7, 11) is -0.408. The summed E-state index contributed by atoms with van der Waals surface area (Å²) in [5, 5.41) is 9.64. The molecule has 1 fully saturated rings. The molecule has 1 N–H and O–H groups in total. The first-order valence-electron chi connectivity index (χ1n) is 7.13. The van der Waals surface area contributed by atoms with Gasteiger partial charge in [0.15, 0.2) is 0 Å². The summed E-state index contributed by atoms with van der Waals surface area (Å²) in [6.45, 7) is 10.1. The van der Waals surface area contributed by atoms with E-state index < -0.39 is 7.12 Å². The number of aryl methyl sites for hydroxylation is 1. The predicted octanol–water partition coefficient (Wildman–Crippen LogP) is 3.65. The van der Waals surface area contributed by atoms with Gasteiger partial charge in [0, 0.05) is 5.75 Å². The zero-order chi connectivity index (χ0) is 15.8. The van der Waals surface area contributed by atoms with E-state index >= 15 is 0 Å². The van der Waals surface area contributed by atoms with Gasteiger partial charge in [0.05, 0.1) is 11.2 Å². The number of benzene rings is 1. The van der Waals surface area contributed by atoms with E-state index in [1.54, 1.807) is 12.1 Å². The van der Waals surface area contributed by atoms with Gasteiger partial charge in [-0.1, -0.05) is 12.1 Å². The van der Waals surface area contributed by atoms with Crippen LogP contribution in [0.5, 0.6) is 5.75 Å². The van der Waals surface area contributed by atoms with Gasteiger partial charge in [-0.25, -0.2) is 0 Å². The number of rotatable bonds is 3. The minimum Gasteiger partial charge on any atom is -0.508 e. The Labute approximate surface area is 132 Å². The zero-order valence-corrected chi connectivity index (χ0v) is 14.2. The Balaban J connectivity index is 2.33. The molecular formula is C16H23BO3S. The summed E-state index contributed by atoms with van der Waals surface area (Å²) < 4.78 is 12.1. The van der Waals surface area contributed by atoms with E-state index in [0.29, 0.717) is 5.75 Å². The molecule has 2 rings (SSSR count). The molecule has 0 saturated carbocycles. The number of hydrogen-bond acceptors (Lipinski definition) is 4. The van der Waals surface area contributed by atoms with Crippen molar-refractivity contribution >= 4 is 25.8 Å². The van der Waals surface area contributed by atoms with Gasteiger partial charge in [0.1, 0.15) is 5.75 Å². The molecule has 1 heterocycles. The fraction of sp³-hybridized carbons (Fsp3) is 0.500.